The zero-order valence-electron chi connectivity index (χ0n) is 6.41. The molecule has 0 radical (unpaired) electrons. The fourth-order valence-electron chi connectivity index (χ4n) is 1.33. The lowest BCUT2D eigenvalue weighted by atomic mass is 10.0. The van der Waals surface area contributed by atoms with E-state index in [0.29, 0.717) is 5.76 Å². The van der Waals surface area contributed by atoms with Crippen LogP contribution in [0.5, 0.6) is 5.75 Å². The molecule has 0 unspecified atom stereocenters. The van der Waals surface area contributed by atoms with Gasteiger partial charge in [0.25, 0.3) is 0 Å². The van der Waals surface area contributed by atoms with E-state index in [4.69, 9.17) is 4.42 Å². The maximum atomic E-state index is 10.8. The van der Waals surface area contributed by atoms with Crippen molar-refractivity contribution in [2.24, 2.45) is 0 Å². The molecule has 1 aliphatic carbocycles. The minimum absolute atomic E-state index is 0.0469. The Kier molecular flexibility index (Phi) is 1.50. The van der Waals surface area contributed by atoms with Gasteiger partial charge in [-0.1, -0.05) is 6.08 Å². The maximum Gasteiger partial charge on any atom is 0.339 e. The Morgan fingerprint density at radius 2 is 2.33 bits per heavy atom. The third kappa shape index (κ3) is 1.03. The van der Waals surface area contributed by atoms with Gasteiger partial charge in [0.2, 0.25) is 0 Å². The number of rotatable bonds is 0. The van der Waals surface area contributed by atoms with E-state index in [1.807, 2.05) is 6.08 Å². The molecule has 0 atom stereocenters. The topological polar surface area (TPSA) is 50.4 Å². The number of hydrogen-bond donors (Lipinski definition) is 1. The highest BCUT2D eigenvalue weighted by Gasteiger charge is 2.12. The summed E-state index contributed by atoms with van der Waals surface area (Å²) in [6.45, 7) is 0. The van der Waals surface area contributed by atoms with Crippen molar-refractivity contribution in [2.75, 3.05) is 0 Å². The molecule has 12 heavy (non-hydrogen) atoms. The highest BCUT2D eigenvalue weighted by atomic mass is 16.4. The second kappa shape index (κ2) is 2.52. The van der Waals surface area contributed by atoms with Crippen LogP contribution in [0.25, 0.3) is 6.08 Å². The Morgan fingerprint density at radius 3 is 3.17 bits per heavy atom. The summed E-state index contributed by atoms with van der Waals surface area (Å²) >= 11 is 0. The smallest absolute Gasteiger partial charge is 0.339 e. The van der Waals surface area contributed by atoms with Crippen molar-refractivity contribution in [2.45, 2.75) is 12.8 Å². The molecule has 0 bridgehead atoms. The monoisotopic (exact) mass is 164 g/mol. The molecule has 1 N–H and O–H groups in total. The Labute approximate surface area is 69.0 Å². The van der Waals surface area contributed by atoms with Crippen LogP contribution in [0.4, 0.5) is 0 Å². The Hall–Kier alpha value is -1.51. The third-order valence-electron chi connectivity index (χ3n) is 1.90. The quantitative estimate of drug-likeness (QED) is 0.628. The van der Waals surface area contributed by atoms with E-state index in [2.05, 4.69) is 0 Å². The highest BCUT2D eigenvalue weighted by Crippen LogP contribution is 2.25. The molecule has 1 aromatic rings. The number of fused-ring (bicyclic) bond motifs is 1. The Morgan fingerprint density at radius 1 is 1.50 bits per heavy atom. The van der Waals surface area contributed by atoms with Crippen molar-refractivity contribution >= 4 is 6.08 Å². The van der Waals surface area contributed by atoms with Crippen LogP contribution in [-0.4, -0.2) is 5.11 Å². The molecular formula is C9H8O3. The van der Waals surface area contributed by atoms with Crippen LogP contribution >= 0.6 is 0 Å². The summed E-state index contributed by atoms with van der Waals surface area (Å²) < 4.78 is 4.88. The summed E-state index contributed by atoms with van der Waals surface area (Å²) in [4.78, 5) is 10.8. The SMILES string of the molecule is O=c1cc(O)c2c(o1)C=CCC2. The van der Waals surface area contributed by atoms with Crippen LogP contribution in [0.15, 0.2) is 21.4 Å². The number of allylic oxidation sites excluding steroid dienone is 1. The first kappa shape index (κ1) is 7.16. The van der Waals surface area contributed by atoms with Gasteiger partial charge in [0, 0.05) is 5.56 Å². The molecule has 3 heteroatoms. The van der Waals surface area contributed by atoms with E-state index in [-0.39, 0.29) is 5.75 Å². The highest BCUT2D eigenvalue weighted by molar-refractivity contribution is 5.53. The normalized spacial score (nSPS) is 14.3. The molecule has 1 aromatic heterocycles. The van der Waals surface area contributed by atoms with E-state index in [9.17, 15) is 9.90 Å². The van der Waals surface area contributed by atoms with Crippen LogP contribution in [0.3, 0.4) is 0 Å². The summed E-state index contributed by atoms with van der Waals surface area (Å²) in [5.74, 6) is 0.539. The van der Waals surface area contributed by atoms with Gasteiger partial charge in [-0.15, -0.1) is 0 Å². The summed E-state index contributed by atoms with van der Waals surface area (Å²) in [6.07, 6.45) is 5.26. The van der Waals surface area contributed by atoms with E-state index in [0.717, 1.165) is 24.5 Å². The van der Waals surface area contributed by atoms with Crippen LogP contribution in [-0.2, 0) is 6.42 Å². The van der Waals surface area contributed by atoms with E-state index in [1.165, 1.54) is 0 Å². The zero-order valence-corrected chi connectivity index (χ0v) is 6.41. The lowest BCUT2D eigenvalue weighted by Gasteiger charge is -2.08. The van der Waals surface area contributed by atoms with Crippen LogP contribution < -0.4 is 5.63 Å². The fourth-order valence-corrected chi connectivity index (χ4v) is 1.33. The Balaban J connectivity index is 2.70. The predicted octanol–water partition coefficient (Wildman–Crippen LogP) is 1.30. The first-order valence-electron chi connectivity index (χ1n) is 3.80. The van der Waals surface area contributed by atoms with Crippen molar-refractivity contribution in [3.05, 3.63) is 33.9 Å². The summed E-state index contributed by atoms with van der Waals surface area (Å²) in [6, 6.07) is 1.11. The summed E-state index contributed by atoms with van der Waals surface area (Å²) in [7, 11) is 0. The van der Waals surface area contributed by atoms with Gasteiger partial charge in [0.15, 0.2) is 0 Å². The molecule has 0 saturated carbocycles. The fraction of sp³-hybridized carbons (Fsp3) is 0.222. The largest absolute Gasteiger partial charge is 0.507 e. The van der Waals surface area contributed by atoms with Crippen molar-refractivity contribution in [1.82, 2.24) is 0 Å². The van der Waals surface area contributed by atoms with Gasteiger partial charge in [-0.25, -0.2) is 4.79 Å². The molecule has 3 nitrogen and oxygen atoms in total. The van der Waals surface area contributed by atoms with Gasteiger partial charge >= 0.3 is 5.63 Å². The van der Waals surface area contributed by atoms with Gasteiger partial charge in [-0.2, -0.15) is 0 Å². The standard InChI is InChI=1S/C9H8O3/c10-7-5-9(11)12-8-4-2-1-3-6(7)8/h2,4-5,10H,1,3H2. The number of aromatic hydroxyl groups is 1. The summed E-state index contributed by atoms with van der Waals surface area (Å²) in [5.41, 5.74) is 0.231. The third-order valence-corrected chi connectivity index (χ3v) is 1.90. The zero-order chi connectivity index (χ0) is 8.55. The minimum Gasteiger partial charge on any atom is -0.507 e. The first-order valence-corrected chi connectivity index (χ1v) is 3.80. The summed E-state index contributed by atoms with van der Waals surface area (Å²) in [5, 5.41) is 9.34. The number of hydrogen-bond acceptors (Lipinski definition) is 3. The maximum absolute atomic E-state index is 10.8. The van der Waals surface area contributed by atoms with Crippen molar-refractivity contribution in [3.8, 4) is 5.75 Å². The van der Waals surface area contributed by atoms with Gasteiger partial charge in [0.05, 0.1) is 6.07 Å². The van der Waals surface area contributed by atoms with E-state index < -0.39 is 5.63 Å². The minimum atomic E-state index is -0.502. The lowest BCUT2D eigenvalue weighted by Crippen LogP contribution is -2.03. The molecular weight excluding hydrogens is 156 g/mol. The second-order valence-electron chi connectivity index (χ2n) is 2.73. The van der Waals surface area contributed by atoms with Gasteiger partial charge in [0.1, 0.15) is 11.5 Å². The average molecular weight is 164 g/mol. The molecule has 0 aliphatic heterocycles. The van der Waals surface area contributed by atoms with Crippen LogP contribution in [0.1, 0.15) is 17.7 Å². The second-order valence-corrected chi connectivity index (χ2v) is 2.73. The van der Waals surface area contributed by atoms with Gasteiger partial charge in [-0.05, 0) is 18.9 Å². The molecule has 1 aliphatic rings. The molecule has 2 rings (SSSR count). The molecule has 1 heterocycles. The van der Waals surface area contributed by atoms with Crippen LogP contribution in [0.2, 0.25) is 0 Å². The van der Waals surface area contributed by atoms with Crippen molar-refractivity contribution in [1.29, 1.82) is 0 Å². The van der Waals surface area contributed by atoms with E-state index in [1.54, 1.807) is 6.08 Å². The lowest BCUT2D eigenvalue weighted by molar-refractivity contribution is 0.431. The molecule has 62 valence electrons. The van der Waals surface area contributed by atoms with E-state index >= 15 is 0 Å². The average Bonchev–Trinajstić information content (AvgIpc) is 2.04. The predicted molar refractivity (Wildman–Crippen MR) is 44.0 cm³/mol. The van der Waals surface area contributed by atoms with Gasteiger partial charge in [-0.3, -0.25) is 0 Å². The Bertz CT molecular complexity index is 387. The van der Waals surface area contributed by atoms with Crippen molar-refractivity contribution in [3.63, 3.8) is 0 Å². The first-order chi connectivity index (χ1) is 5.77. The van der Waals surface area contributed by atoms with Crippen molar-refractivity contribution < 1.29 is 9.52 Å². The molecule has 0 aromatic carbocycles. The molecule has 0 fully saturated rings. The molecule has 0 amide bonds. The van der Waals surface area contributed by atoms with Gasteiger partial charge < -0.3 is 9.52 Å². The molecule has 0 spiro atoms. The van der Waals surface area contributed by atoms with Crippen LogP contribution in [0, 0.1) is 0 Å². The molecule has 0 saturated heterocycles.